The molecule has 0 aliphatic heterocycles. The Hall–Kier alpha value is -2.35. The standard InChI is InChI=1S/C17H15NO/c19-17(14-5-2-1-3-6-14)10-9-13-7-4-8-16-15(13)11-12-18-16/h1-8,11-12,18H,9-10H2. The van der Waals surface area contributed by atoms with Crippen LogP contribution in [0, 0.1) is 0 Å². The van der Waals surface area contributed by atoms with E-state index >= 15 is 0 Å². The van der Waals surface area contributed by atoms with Crippen molar-refractivity contribution in [2.24, 2.45) is 0 Å². The second kappa shape index (κ2) is 5.11. The molecule has 1 aromatic heterocycles. The summed E-state index contributed by atoms with van der Waals surface area (Å²) < 4.78 is 0. The molecule has 0 spiro atoms. The van der Waals surface area contributed by atoms with Crippen LogP contribution in [0.5, 0.6) is 0 Å². The second-order valence-electron chi connectivity index (χ2n) is 4.65. The van der Waals surface area contributed by atoms with Crippen molar-refractivity contribution in [3.63, 3.8) is 0 Å². The number of hydrogen-bond acceptors (Lipinski definition) is 1. The fourth-order valence-corrected chi connectivity index (χ4v) is 2.39. The molecule has 3 aromatic rings. The zero-order chi connectivity index (χ0) is 13.1. The number of ketones is 1. The van der Waals surface area contributed by atoms with E-state index in [0.717, 1.165) is 17.5 Å². The van der Waals surface area contributed by atoms with Crippen molar-refractivity contribution >= 4 is 16.7 Å². The van der Waals surface area contributed by atoms with E-state index < -0.39 is 0 Å². The number of rotatable bonds is 4. The topological polar surface area (TPSA) is 32.9 Å². The Balaban J connectivity index is 1.76. The van der Waals surface area contributed by atoms with E-state index in [1.54, 1.807) is 0 Å². The number of nitrogens with one attached hydrogen (secondary N) is 1. The molecule has 0 aliphatic rings. The quantitative estimate of drug-likeness (QED) is 0.697. The average Bonchev–Trinajstić information content (AvgIpc) is 2.94. The highest BCUT2D eigenvalue weighted by Gasteiger charge is 2.07. The summed E-state index contributed by atoms with van der Waals surface area (Å²) in [4.78, 5) is 15.3. The van der Waals surface area contributed by atoms with Crippen LogP contribution in [0.2, 0.25) is 0 Å². The third-order valence-electron chi connectivity index (χ3n) is 3.40. The van der Waals surface area contributed by atoms with Crippen LogP contribution in [0.25, 0.3) is 10.9 Å². The molecule has 0 amide bonds. The number of H-pyrrole nitrogens is 1. The number of aromatic amines is 1. The average molecular weight is 249 g/mol. The van der Waals surface area contributed by atoms with E-state index in [-0.39, 0.29) is 5.78 Å². The van der Waals surface area contributed by atoms with Crippen LogP contribution >= 0.6 is 0 Å². The van der Waals surface area contributed by atoms with Crippen molar-refractivity contribution in [1.82, 2.24) is 4.98 Å². The highest BCUT2D eigenvalue weighted by molar-refractivity contribution is 5.96. The van der Waals surface area contributed by atoms with Gasteiger partial charge < -0.3 is 4.98 Å². The largest absolute Gasteiger partial charge is 0.361 e. The highest BCUT2D eigenvalue weighted by Crippen LogP contribution is 2.19. The Morgan fingerprint density at radius 3 is 2.63 bits per heavy atom. The van der Waals surface area contributed by atoms with Gasteiger partial charge in [-0.2, -0.15) is 0 Å². The van der Waals surface area contributed by atoms with Gasteiger partial charge in [0.2, 0.25) is 0 Å². The van der Waals surface area contributed by atoms with Crippen LogP contribution in [0.3, 0.4) is 0 Å². The maximum atomic E-state index is 12.1. The SMILES string of the molecule is O=C(CCc1cccc2[nH]ccc12)c1ccccc1. The first-order valence-electron chi connectivity index (χ1n) is 6.48. The molecule has 0 radical (unpaired) electrons. The summed E-state index contributed by atoms with van der Waals surface area (Å²) in [5, 5.41) is 1.21. The Labute approximate surface area is 112 Å². The van der Waals surface area contributed by atoms with Crippen molar-refractivity contribution in [3.8, 4) is 0 Å². The molecule has 2 heteroatoms. The van der Waals surface area contributed by atoms with E-state index in [1.165, 1.54) is 10.9 Å². The van der Waals surface area contributed by atoms with Crippen LogP contribution in [0.1, 0.15) is 22.3 Å². The van der Waals surface area contributed by atoms with Gasteiger partial charge in [-0.25, -0.2) is 0 Å². The predicted molar refractivity (Wildman–Crippen MR) is 77.4 cm³/mol. The molecule has 0 atom stereocenters. The maximum absolute atomic E-state index is 12.1. The number of hydrogen-bond donors (Lipinski definition) is 1. The van der Waals surface area contributed by atoms with Crippen LogP contribution in [0.15, 0.2) is 60.8 Å². The number of fused-ring (bicyclic) bond motifs is 1. The molecule has 0 aliphatic carbocycles. The minimum absolute atomic E-state index is 0.202. The normalized spacial score (nSPS) is 10.7. The maximum Gasteiger partial charge on any atom is 0.163 e. The summed E-state index contributed by atoms with van der Waals surface area (Å²) in [6.45, 7) is 0. The first-order chi connectivity index (χ1) is 9.34. The molecule has 2 nitrogen and oxygen atoms in total. The van der Waals surface area contributed by atoms with Crippen molar-refractivity contribution in [1.29, 1.82) is 0 Å². The number of carbonyl (C=O) groups is 1. The third kappa shape index (κ3) is 2.43. The zero-order valence-electron chi connectivity index (χ0n) is 10.6. The fourth-order valence-electron chi connectivity index (χ4n) is 2.39. The molecule has 1 heterocycles. The lowest BCUT2D eigenvalue weighted by Crippen LogP contribution is -2.00. The number of benzene rings is 2. The predicted octanol–water partition coefficient (Wildman–Crippen LogP) is 3.98. The van der Waals surface area contributed by atoms with E-state index in [2.05, 4.69) is 23.2 Å². The molecule has 0 bridgehead atoms. The third-order valence-corrected chi connectivity index (χ3v) is 3.40. The lowest BCUT2D eigenvalue weighted by atomic mass is 10.0. The van der Waals surface area contributed by atoms with Crippen LogP contribution < -0.4 is 0 Å². The van der Waals surface area contributed by atoms with Gasteiger partial charge in [0, 0.05) is 29.1 Å². The summed E-state index contributed by atoms with van der Waals surface area (Å²) in [5.41, 5.74) is 3.15. The molecular formula is C17H15NO. The van der Waals surface area contributed by atoms with Crippen molar-refractivity contribution in [2.75, 3.05) is 0 Å². The van der Waals surface area contributed by atoms with E-state index in [9.17, 15) is 4.79 Å². The van der Waals surface area contributed by atoms with Crippen molar-refractivity contribution < 1.29 is 4.79 Å². The minimum Gasteiger partial charge on any atom is -0.361 e. The second-order valence-corrected chi connectivity index (χ2v) is 4.65. The molecule has 0 saturated carbocycles. The molecule has 0 unspecified atom stereocenters. The van der Waals surface area contributed by atoms with E-state index in [4.69, 9.17) is 0 Å². The van der Waals surface area contributed by atoms with Gasteiger partial charge in [0.25, 0.3) is 0 Å². The van der Waals surface area contributed by atoms with E-state index in [1.807, 2.05) is 42.6 Å². The summed E-state index contributed by atoms with van der Waals surface area (Å²) in [7, 11) is 0. The Bertz CT molecular complexity index is 697. The molecule has 0 saturated heterocycles. The molecule has 3 rings (SSSR count). The Morgan fingerprint density at radius 1 is 0.947 bits per heavy atom. The summed E-state index contributed by atoms with van der Waals surface area (Å²) in [5.74, 6) is 0.202. The molecule has 1 N–H and O–H groups in total. The van der Waals surface area contributed by atoms with Gasteiger partial charge in [0.1, 0.15) is 0 Å². The smallest absolute Gasteiger partial charge is 0.163 e. The summed E-state index contributed by atoms with van der Waals surface area (Å²) in [6.07, 6.45) is 3.27. The number of carbonyl (C=O) groups excluding carboxylic acids is 1. The number of aromatic nitrogens is 1. The first kappa shape index (κ1) is 11.7. The molecular weight excluding hydrogens is 234 g/mol. The van der Waals surface area contributed by atoms with Crippen molar-refractivity contribution in [3.05, 3.63) is 71.9 Å². The molecule has 94 valence electrons. The highest BCUT2D eigenvalue weighted by atomic mass is 16.1. The van der Waals surface area contributed by atoms with Gasteiger partial charge in [-0.05, 0) is 24.1 Å². The first-order valence-corrected chi connectivity index (χ1v) is 6.48. The zero-order valence-corrected chi connectivity index (χ0v) is 10.6. The van der Waals surface area contributed by atoms with Gasteiger partial charge >= 0.3 is 0 Å². The summed E-state index contributed by atoms with van der Waals surface area (Å²) in [6, 6.07) is 17.7. The summed E-state index contributed by atoms with van der Waals surface area (Å²) >= 11 is 0. The molecule has 19 heavy (non-hydrogen) atoms. The van der Waals surface area contributed by atoms with Crippen LogP contribution in [-0.4, -0.2) is 10.8 Å². The van der Waals surface area contributed by atoms with Gasteiger partial charge in [-0.1, -0.05) is 42.5 Å². The molecule has 0 fully saturated rings. The van der Waals surface area contributed by atoms with Gasteiger partial charge in [0.15, 0.2) is 5.78 Å². The monoisotopic (exact) mass is 249 g/mol. The van der Waals surface area contributed by atoms with Gasteiger partial charge in [-0.3, -0.25) is 4.79 Å². The lowest BCUT2D eigenvalue weighted by molar-refractivity contribution is 0.0983. The van der Waals surface area contributed by atoms with Gasteiger partial charge in [-0.15, -0.1) is 0 Å². The number of Topliss-reactive ketones (excluding diaryl/α,β-unsaturated/α-hetero) is 1. The molecule has 2 aromatic carbocycles. The lowest BCUT2D eigenvalue weighted by Gasteiger charge is -2.03. The fraction of sp³-hybridized carbons (Fsp3) is 0.118. The van der Waals surface area contributed by atoms with Crippen molar-refractivity contribution in [2.45, 2.75) is 12.8 Å². The number of aryl methyl sites for hydroxylation is 1. The Morgan fingerprint density at radius 2 is 1.79 bits per heavy atom. The van der Waals surface area contributed by atoms with E-state index in [0.29, 0.717) is 6.42 Å². The van der Waals surface area contributed by atoms with Gasteiger partial charge in [0.05, 0.1) is 0 Å². The van der Waals surface area contributed by atoms with Crippen LogP contribution in [0.4, 0.5) is 0 Å². The Kier molecular flexibility index (Phi) is 3.15. The van der Waals surface area contributed by atoms with Crippen LogP contribution in [-0.2, 0) is 6.42 Å². The minimum atomic E-state index is 0.202.